The summed E-state index contributed by atoms with van der Waals surface area (Å²) >= 11 is 0. The molecule has 112 valence electrons. The van der Waals surface area contributed by atoms with Crippen molar-refractivity contribution in [3.63, 3.8) is 0 Å². The first-order valence-electron chi connectivity index (χ1n) is 5.96. The molecule has 0 aliphatic rings. The Kier molecular flexibility index (Phi) is 5.86. The molecule has 0 amide bonds. The Balaban J connectivity index is 3.02. The molecule has 0 aliphatic heterocycles. The second-order valence-corrected chi connectivity index (χ2v) is 5.52. The molecule has 0 heterocycles. The molecule has 0 spiro atoms. The van der Waals surface area contributed by atoms with Gasteiger partial charge in [-0.2, -0.15) is 0 Å². The van der Waals surface area contributed by atoms with Crippen molar-refractivity contribution in [2.24, 2.45) is 0 Å². The molecular formula is C11H17N3O5S. The molecule has 0 aliphatic carbocycles. The van der Waals surface area contributed by atoms with Crippen LogP contribution in [0.15, 0.2) is 23.1 Å². The fourth-order valence-electron chi connectivity index (χ4n) is 1.51. The zero-order valence-corrected chi connectivity index (χ0v) is 12.1. The quantitative estimate of drug-likeness (QED) is 0.420. The van der Waals surface area contributed by atoms with Crippen LogP contribution >= 0.6 is 0 Å². The zero-order chi connectivity index (χ0) is 15.2. The number of ether oxygens (including phenoxy) is 1. The summed E-state index contributed by atoms with van der Waals surface area (Å²) in [5, 5.41) is 13.7. The van der Waals surface area contributed by atoms with Crippen LogP contribution in [0.4, 0.5) is 11.4 Å². The van der Waals surface area contributed by atoms with E-state index in [1.54, 1.807) is 14.0 Å². The molecule has 20 heavy (non-hydrogen) atoms. The molecule has 0 unspecified atom stereocenters. The van der Waals surface area contributed by atoms with Crippen LogP contribution in [0.2, 0.25) is 0 Å². The van der Waals surface area contributed by atoms with Gasteiger partial charge in [-0.05, 0) is 19.1 Å². The number of nitro groups is 1. The Morgan fingerprint density at radius 2 is 2.10 bits per heavy atom. The van der Waals surface area contributed by atoms with Gasteiger partial charge in [-0.15, -0.1) is 0 Å². The van der Waals surface area contributed by atoms with Crippen LogP contribution in [0, 0.1) is 10.1 Å². The molecule has 0 radical (unpaired) electrons. The van der Waals surface area contributed by atoms with E-state index in [4.69, 9.17) is 4.74 Å². The first-order valence-corrected chi connectivity index (χ1v) is 7.44. The van der Waals surface area contributed by atoms with E-state index in [1.165, 1.54) is 18.2 Å². The topological polar surface area (TPSA) is 111 Å². The van der Waals surface area contributed by atoms with E-state index in [0.717, 1.165) is 0 Å². The van der Waals surface area contributed by atoms with Crippen LogP contribution < -0.4 is 10.0 Å². The summed E-state index contributed by atoms with van der Waals surface area (Å²) in [6.45, 7) is 2.52. The van der Waals surface area contributed by atoms with Crippen LogP contribution in [-0.4, -0.2) is 40.1 Å². The van der Waals surface area contributed by atoms with Crippen LogP contribution in [-0.2, 0) is 14.8 Å². The SMILES string of the molecule is CCOCCNS(=O)(=O)c1ccc(NC)cc1[N+](=O)[O-]. The minimum Gasteiger partial charge on any atom is -0.388 e. The molecule has 0 saturated heterocycles. The predicted molar refractivity (Wildman–Crippen MR) is 74.3 cm³/mol. The lowest BCUT2D eigenvalue weighted by molar-refractivity contribution is -0.387. The molecular weight excluding hydrogens is 286 g/mol. The zero-order valence-electron chi connectivity index (χ0n) is 11.3. The van der Waals surface area contributed by atoms with Crippen LogP contribution in [0.1, 0.15) is 6.92 Å². The van der Waals surface area contributed by atoms with Crippen molar-refractivity contribution in [3.8, 4) is 0 Å². The lowest BCUT2D eigenvalue weighted by Crippen LogP contribution is -2.28. The third-order valence-corrected chi connectivity index (χ3v) is 3.98. The maximum Gasteiger partial charge on any atom is 0.291 e. The molecule has 0 saturated carbocycles. The summed E-state index contributed by atoms with van der Waals surface area (Å²) in [4.78, 5) is 9.89. The van der Waals surface area contributed by atoms with Crippen molar-refractivity contribution in [1.82, 2.24) is 4.72 Å². The van der Waals surface area contributed by atoms with Crippen molar-refractivity contribution in [2.45, 2.75) is 11.8 Å². The highest BCUT2D eigenvalue weighted by molar-refractivity contribution is 7.89. The van der Waals surface area contributed by atoms with E-state index in [-0.39, 0.29) is 18.0 Å². The predicted octanol–water partition coefficient (Wildman–Crippen LogP) is 0.951. The van der Waals surface area contributed by atoms with Gasteiger partial charge < -0.3 is 10.1 Å². The number of nitrogens with one attached hydrogen (secondary N) is 2. The third kappa shape index (κ3) is 4.15. The van der Waals surface area contributed by atoms with E-state index >= 15 is 0 Å². The van der Waals surface area contributed by atoms with Crippen LogP contribution in [0.3, 0.4) is 0 Å². The molecule has 1 rings (SSSR count). The van der Waals surface area contributed by atoms with Crippen molar-refractivity contribution in [1.29, 1.82) is 0 Å². The molecule has 0 aromatic heterocycles. The van der Waals surface area contributed by atoms with E-state index < -0.39 is 20.6 Å². The summed E-state index contributed by atoms with van der Waals surface area (Å²) < 4.78 is 31.3. The lowest BCUT2D eigenvalue weighted by Gasteiger charge is -2.08. The molecule has 8 nitrogen and oxygen atoms in total. The molecule has 1 aromatic rings. The number of hydrogen-bond donors (Lipinski definition) is 2. The number of rotatable bonds is 8. The summed E-state index contributed by atoms with van der Waals surface area (Å²) in [5.74, 6) is 0. The Bertz CT molecular complexity index is 573. The molecule has 1 aromatic carbocycles. The fraction of sp³-hybridized carbons (Fsp3) is 0.455. The Labute approximate surface area is 117 Å². The lowest BCUT2D eigenvalue weighted by atomic mass is 10.3. The van der Waals surface area contributed by atoms with Gasteiger partial charge >= 0.3 is 0 Å². The highest BCUT2D eigenvalue weighted by Gasteiger charge is 2.25. The number of sulfonamides is 1. The monoisotopic (exact) mass is 303 g/mol. The van der Waals surface area contributed by atoms with Gasteiger partial charge in [-0.25, -0.2) is 13.1 Å². The van der Waals surface area contributed by atoms with Gasteiger partial charge in [0.1, 0.15) is 0 Å². The molecule has 0 atom stereocenters. The maximum absolute atomic E-state index is 12.0. The van der Waals surface area contributed by atoms with Gasteiger partial charge in [0.05, 0.1) is 11.5 Å². The fourth-order valence-corrected chi connectivity index (χ4v) is 2.68. The van der Waals surface area contributed by atoms with E-state index in [2.05, 4.69) is 10.0 Å². The summed E-state index contributed by atoms with van der Waals surface area (Å²) in [7, 11) is -2.35. The van der Waals surface area contributed by atoms with E-state index in [9.17, 15) is 18.5 Å². The molecule has 2 N–H and O–H groups in total. The number of hydrogen-bond acceptors (Lipinski definition) is 6. The standard InChI is InChI=1S/C11H17N3O5S/c1-3-19-7-6-13-20(17,18)11-5-4-9(12-2)8-10(11)14(15)16/h4-5,8,12-13H,3,6-7H2,1-2H3. The summed E-state index contributed by atoms with van der Waals surface area (Å²) in [6.07, 6.45) is 0. The summed E-state index contributed by atoms with van der Waals surface area (Å²) in [6, 6.07) is 3.84. The maximum atomic E-state index is 12.0. The first kappa shape index (κ1) is 16.3. The molecule has 0 fully saturated rings. The van der Waals surface area contributed by atoms with Crippen LogP contribution in [0.25, 0.3) is 0 Å². The van der Waals surface area contributed by atoms with Gasteiger partial charge in [0.25, 0.3) is 5.69 Å². The Morgan fingerprint density at radius 1 is 1.40 bits per heavy atom. The van der Waals surface area contributed by atoms with Crippen molar-refractivity contribution in [2.75, 3.05) is 32.1 Å². The summed E-state index contributed by atoms with van der Waals surface area (Å²) in [5.41, 5.74) is -0.00859. The van der Waals surface area contributed by atoms with Gasteiger partial charge in [0.15, 0.2) is 4.90 Å². The minimum absolute atomic E-state index is 0.0567. The van der Waals surface area contributed by atoms with Crippen molar-refractivity contribution in [3.05, 3.63) is 28.3 Å². The number of nitrogens with zero attached hydrogens (tertiary/aromatic N) is 1. The Morgan fingerprint density at radius 3 is 2.65 bits per heavy atom. The van der Waals surface area contributed by atoms with Gasteiger partial charge in [0, 0.05) is 32.0 Å². The second kappa shape index (κ2) is 7.17. The van der Waals surface area contributed by atoms with E-state index in [0.29, 0.717) is 12.3 Å². The highest BCUT2D eigenvalue weighted by Crippen LogP contribution is 2.26. The smallest absolute Gasteiger partial charge is 0.291 e. The number of nitro benzene ring substituents is 1. The van der Waals surface area contributed by atoms with Crippen molar-refractivity contribution >= 4 is 21.4 Å². The molecule has 9 heteroatoms. The molecule has 0 bridgehead atoms. The largest absolute Gasteiger partial charge is 0.388 e. The van der Waals surface area contributed by atoms with Gasteiger partial charge in [-0.3, -0.25) is 10.1 Å². The minimum atomic E-state index is -3.94. The normalized spacial score (nSPS) is 11.3. The third-order valence-electron chi connectivity index (χ3n) is 2.48. The van der Waals surface area contributed by atoms with E-state index in [1.807, 2.05) is 0 Å². The number of benzene rings is 1. The van der Waals surface area contributed by atoms with Gasteiger partial charge in [0.2, 0.25) is 10.0 Å². The first-order chi connectivity index (χ1) is 9.42. The highest BCUT2D eigenvalue weighted by atomic mass is 32.2. The average Bonchev–Trinajstić information content (AvgIpc) is 2.42. The average molecular weight is 303 g/mol. The van der Waals surface area contributed by atoms with Crippen LogP contribution in [0.5, 0.6) is 0 Å². The number of anilines is 1. The second-order valence-electron chi connectivity index (χ2n) is 3.78. The Hall–Kier alpha value is -1.71. The van der Waals surface area contributed by atoms with Crippen molar-refractivity contribution < 1.29 is 18.1 Å². The van der Waals surface area contributed by atoms with Gasteiger partial charge in [-0.1, -0.05) is 0 Å².